The Balaban J connectivity index is 2.33. The van der Waals surface area contributed by atoms with Gasteiger partial charge in [-0.1, -0.05) is 41.9 Å². The van der Waals surface area contributed by atoms with Crippen molar-refractivity contribution in [3.05, 3.63) is 69.6 Å². The normalized spacial score (nSPS) is 18.4. The molecule has 2 N–H and O–H groups in total. The third kappa shape index (κ3) is 1.97. The van der Waals surface area contributed by atoms with Crippen molar-refractivity contribution in [2.45, 2.75) is 4.90 Å². The Hall–Kier alpha value is -2.11. The zero-order chi connectivity index (χ0) is 15.2. The maximum absolute atomic E-state index is 12.5. The van der Waals surface area contributed by atoms with Gasteiger partial charge in [0.2, 0.25) is 15.6 Å². The smallest absolute Gasteiger partial charge is 0.213 e. The van der Waals surface area contributed by atoms with Crippen LogP contribution in [0.25, 0.3) is 5.70 Å². The average molecular weight is 320 g/mol. The fourth-order valence-electron chi connectivity index (χ4n) is 2.31. The monoisotopic (exact) mass is 319 g/mol. The molecule has 1 aliphatic heterocycles. The number of sulfone groups is 1. The minimum Gasteiger partial charge on any atom is -0.397 e. The van der Waals surface area contributed by atoms with Gasteiger partial charge in [-0.25, -0.2) is 8.42 Å². The van der Waals surface area contributed by atoms with Crippen molar-refractivity contribution in [3.8, 4) is 0 Å². The summed E-state index contributed by atoms with van der Waals surface area (Å²) < 4.78 is 25.0. The molecule has 0 atom stereocenters. The highest BCUT2D eigenvalue weighted by atomic mass is 35.5. The maximum atomic E-state index is 12.5. The van der Waals surface area contributed by atoms with E-state index >= 15 is 0 Å². The molecule has 0 aliphatic carbocycles. The van der Waals surface area contributed by atoms with Crippen molar-refractivity contribution in [1.29, 1.82) is 0 Å². The van der Waals surface area contributed by atoms with Crippen LogP contribution in [-0.4, -0.2) is 14.2 Å². The van der Waals surface area contributed by atoms with Gasteiger partial charge in [0.15, 0.2) is 0 Å². The van der Waals surface area contributed by atoms with E-state index in [2.05, 4.69) is 0 Å². The summed E-state index contributed by atoms with van der Waals surface area (Å²) in [5, 5.41) is 0.293. The lowest BCUT2D eigenvalue weighted by Gasteiger charge is -2.07. The summed E-state index contributed by atoms with van der Waals surface area (Å²) in [6.45, 7) is 0. The van der Waals surface area contributed by atoms with Crippen molar-refractivity contribution < 1.29 is 13.2 Å². The van der Waals surface area contributed by atoms with Crippen LogP contribution in [0.15, 0.2) is 58.3 Å². The number of carbonyl (C=O) groups is 1. The summed E-state index contributed by atoms with van der Waals surface area (Å²) in [7, 11) is -3.91. The second-order valence-corrected chi connectivity index (χ2v) is 6.81. The number of hydrogen-bond donors (Lipinski definition) is 1. The van der Waals surface area contributed by atoms with Crippen molar-refractivity contribution in [3.63, 3.8) is 0 Å². The third-order valence-electron chi connectivity index (χ3n) is 3.30. The van der Waals surface area contributed by atoms with E-state index in [0.29, 0.717) is 10.6 Å². The molecule has 1 heterocycles. The van der Waals surface area contributed by atoms with Gasteiger partial charge in [-0.05, 0) is 18.2 Å². The quantitative estimate of drug-likeness (QED) is 0.820. The zero-order valence-electron chi connectivity index (χ0n) is 10.7. The lowest BCUT2D eigenvalue weighted by atomic mass is 10.1. The molecule has 0 radical (unpaired) electrons. The lowest BCUT2D eigenvalue weighted by molar-refractivity contribution is 0.104. The van der Waals surface area contributed by atoms with Gasteiger partial charge in [-0.3, -0.25) is 4.79 Å². The Bertz CT molecular complexity index is 901. The Morgan fingerprint density at radius 2 is 1.62 bits per heavy atom. The number of hydrogen-bond acceptors (Lipinski definition) is 4. The molecule has 0 fully saturated rings. The number of ketones is 1. The van der Waals surface area contributed by atoms with E-state index in [9.17, 15) is 13.2 Å². The Morgan fingerprint density at radius 1 is 1.00 bits per heavy atom. The molecule has 0 amide bonds. The van der Waals surface area contributed by atoms with E-state index in [1.165, 1.54) is 12.1 Å². The van der Waals surface area contributed by atoms with E-state index in [4.69, 9.17) is 17.3 Å². The van der Waals surface area contributed by atoms with Gasteiger partial charge in [0.25, 0.3) is 0 Å². The van der Waals surface area contributed by atoms with Gasteiger partial charge >= 0.3 is 0 Å². The molecular formula is C15H10ClNO3S. The Kier molecular flexibility index (Phi) is 3.11. The topological polar surface area (TPSA) is 77.2 Å². The molecule has 106 valence electrons. The van der Waals surface area contributed by atoms with E-state index < -0.39 is 20.5 Å². The van der Waals surface area contributed by atoms with Crippen molar-refractivity contribution >= 4 is 32.9 Å². The molecule has 0 unspecified atom stereocenters. The van der Waals surface area contributed by atoms with Gasteiger partial charge in [0.05, 0.1) is 10.6 Å². The lowest BCUT2D eigenvalue weighted by Crippen LogP contribution is -2.11. The number of carbonyl (C=O) groups excluding carboxylic acids is 1. The first-order chi connectivity index (χ1) is 9.94. The number of halogens is 1. The van der Waals surface area contributed by atoms with E-state index in [1.807, 2.05) is 0 Å². The Morgan fingerprint density at radius 3 is 2.29 bits per heavy atom. The highest BCUT2D eigenvalue weighted by Crippen LogP contribution is 2.37. The van der Waals surface area contributed by atoms with Gasteiger partial charge in [-0.15, -0.1) is 0 Å². The number of nitrogens with two attached hydrogens (primary N) is 1. The minimum atomic E-state index is -3.91. The molecule has 0 bridgehead atoms. The predicted molar refractivity (Wildman–Crippen MR) is 80.5 cm³/mol. The van der Waals surface area contributed by atoms with Crippen LogP contribution in [0, 0.1) is 0 Å². The molecule has 1 aliphatic rings. The van der Waals surface area contributed by atoms with Gasteiger partial charge in [0.1, 0.15) is 4.91 Å². The fraction of sp³-hybridized carbons (Fsp3) is 0. The molecule has 2 aromatic rings. The molecule has 0 aromatic heterocycles. The summed E-state index contributed by atoms with van der Waals surface area (Å²) in [5.41, 5.74) is 6.29. The van der Waals surface area contributed by atoms with Crippen LogP contribution in [0.4, 0.5) is 0 Å². The minimum absolute atomic E-state index is 0.0139. The van der Waals surface area contributed by atoms with E-state index in [0.717, 1.165) is 0 Å². The summed E-state index contributed by atoms with van der Waals surface area (Å²) in [6.07, 6.45) is 0. The zero-order valence-corrected chi connectivity index (χ0v) is 12.3. The van der Waals surface area contributed by atoms with E-state index in [1.54, 1.807) is 36.4 Å². The number of fused-ring (bicyclic) bond motifs is 1. The molecule has 0 spiro atoms. The first kappa shape index (κ1) is 13.9. The number of Topliss-reactive ketones (excluding diaryl/α,β-unsaturated/α-hetero) is 1. The first-order valence-electron chi connectivity index (χ1n) is 6.08. The maximum Gasteiger partial charge on any atom is 0.213 e. The molecule has 6 heteroatoms. The number of benzene rings is 2. The van der Waals surface area contributed by atoms with Crippen LogP contribution in [-0.2, 0) is 9.84 Å². The standard InChI is InChI=1S/C15H10ClNO3S/c16-11-7-3-1-5-9(11)13(17)15-14(18)10-6-2-4-8-12(10)21(15,19)20/h1-8H,17H2/b15-13+. The number of allylic oxidation sites excluding steroid dienone is 1. The molecule has 4 nitrogen and oxygen atoms in total. The Labute approximate surface area is 126 Å². The van der Waals surface area contributed by atoms with Crippen LogP contribution in [0.2, 0.25) is 5.02 Å². The highest BCUT2D eigenvalue weighted by molar-refractivity contribution is 7.97. The van der Waals surface area contributed by atoms with Crippen LogP contribution in [0.5, 0.6) is 0 Å². The third-order valence-corrected chi connectivity index (χ3v) is 5.51. The molecular weight excluding hydrogens is 310 g/mol. The van der Waals surface area contributed by atoms with Crippen molar-refractivity contribution in [2.24, 2.45) is 5.73 Å². The fourth-order valence-corrected chi connectivity index (χ4v) is 4.23. The van der Waals surface area contributed by atoms with Crippen molar-refractivity contribution in [2.75, 3.05) is 0 Å². The summed E-state index contributed by atoms with van der Waals surface area (Å²) in [5.74, 6) is -0.594. The molecule has 0 saturated heterocycles. The molecule has 3 rings (SSSR count). The van der Waals surface area contributed by atoms with Crippen LogP contribution < -0.4 is 5.73 Å². The summed E-state index contributed by atoms with van der Waals surface area (Å²) in [4.78, 5) is 12.0. The number of rotatable bonds is 1. The first-order valence-corrected chi connectivity index (χ1v) is 7.94. The SMILES string of the molecule is N/C(=C1\C(=O)c2ccccc2S1(=O)=O)c1ccccc1Cl. The van der Waals surface area contributed by atoms with Crippen LogP contribution >= 0.6 is 11.6 Å². The van der Waals surface area contributed by atoms with Crippen LogP contribution in [0.1, 0.15) is 15.9 Å². The van der Waals surface area contributed by atoms with E-state index in [-0.39, 0.29) is 16.2 Å². The molecule has 2 aromatic carbocycles. The summed E-state index contributed by atoms with van der Waals surface area (Å²) >= 11 is 6.03. The van der Waals surface area contributed by atoms with Crippen LogP contribution in [0.3, 0.4) is 0 Å². The highest BCUT2D eigenvalue weighted by Gasteiger charge is 2.41. The summed E-state index contributed by atoms with van der Waals surface area (Å²) in [6, 6.07) is 12.6. The van der Waals surface area contributed by atoms with Crippen molar-refractivity contribution in [1.82, 2.24) is 0 Å². The second-order valence-electron chi connectivity index (χ2n) is 4.55. The van der Waals surface area contributed by atoms with Gasteiger partial charge < -0.3 is 5.73 Å². The predicted octanol–water partition coefficient (Wildman–Crippen LogP) is 2.64. The molecule has 0 saturated carbocycles. The largest absolute Gasteiger partial charge is 0.397 e. The van der Waals surface area contributed by atoms with Gasteiger partial charge in [0, 0.05) is 16.1 Å². The average Bonchev–Trinajstić information content (AvgIpc) is 2.67. The second kappa shape index (κ2) is 4.72. The van der Waals surface area contributed by atoms with Gasteiger partial charge in [-0.2, -0.15) is 0 Å². The molecule has 21 heavy (non-hydrogen) atoms.